The lowest BCUT2D eigenvalue weighted by molar-refractivity contribution is 0.344. The number of likely N-dealkylation sites (N-methyl/N-ethyl adjacent to an activating group) is 1. The molecular formula is C13H25N5O2. The molecule has 0 spiro atoms. The van der Waals surface area contributed by atoms with Crippen molar-refractivity contribution < 1.29 is 0 Å². The van der Waals surface area contributed by atoms with Gasteiger partial charge in [0.05, 0.1) is 0 Å². The number of nitrogen functional groups attached to an aromatic ring is 1. The maximum Gasteiger partial charge on any atom is 0.330 e. The average Bonchev–Trinajstić information content (AvgIpc) is 2.32. The normalized spacial score (nSPS) is 12.9. The van der Waals surface area contributed by atoms with Crippen molar-refractivity contribution in [1.29, 1.82) is 0 Å². The second-order valence-corrected chi connectivity index (χ2v) is 5.52. The van der Waals surface area contributed by atoms with E-state index in [1.807, 2.05) is 19.0 Å². The Hall–Kier alpha value is -1.76. The number of hydrogen-bond donors (Lipinski definition) is 3. The van der Waals surface area contributed by atoms with E-state index in [0.29, 0.717) is 12.5 Å². The minimum absolute atomic E-state index is 0.0659. The van der Waals surface area contributed by atoms with Gasteiger partial charge in [-0.2, -0.15) is 0 Å². The number of nitrogens with one attached hydrogen (secondary N) is 2. The van der Waals surface area contributed by atoms with Gasteiger partial charge in [0.2, 0.25) is 0 Å². The molecule has 1 aromatic heterocycles. The molecule has 0 aliphatic heterocycles. The van der Waals surface area contributed by atoms with Crippen molar-refractivity contribution >= 4 is 11.5 Å². The molecule has 0 aromatic carbocycles. The van der Waals surface area contributed by atoms with Gasteiger partial charge in [-0.05, 0) is 26.9 Å². The molecule has 0 aliphatic carbocycles. The molecule has 0 saturated carbocycles. The fraction of sp³-hybridized carbons (Fsp3) is 0.692. The van der Waals surface area contributed by atoms with Crippen LogP contribution in [0.5, 0.6) is 0 Å². The summed E-state index contributed by atoms with van der Waals surface area (Å²) in [6, 6.07) is 0.0659. The molecule has 7 heteroatoms. The molecule has 4 N–H and O–H groups in total. The maximum atomic E-state index is 11.9. The van der Waals surface area contributed by atoms with Gasteiger partial charge in [0.25, 0.3) is 5.56 Å². The number of nitrogens with zero attached hydrogens (tertiary/aromatic N) is 2. The number of rotatable bonds is 6. The molecule has 1 heterocycles. The van der Waals surface area contributed by atoms with Crippen LogP contribution in [0.15, 0.2) is 9.59 Å². The highest BCUT2D eigenvalue weighted by atomic mass is 16.2. The minimum Gasteiger partial charge on any atom is -0.383 e. The first-order valence-electron chi connectivity index (χ1n) is 6.81. The lowest BCUT2D eigenvalue weighted by Crippen LogP contribution is -2.40. The third-order valence-corrected chi connectivity index (χ3v) is 3.25. The first-order valence-corrected chi connectivity index (χ1v) is 6.81. The Morgan fingerprint density at radius 2 is 1.95 bits per heavy atom. The van der Waals surface area contributed by atoms with E-state index in [0.717, 1.165) is 6.54 Å². The summed E-state index contributed by atoms with van der Waals surface area (Å²) >= 11 is 0. The first-order chi connectivity index (χ1) is 9.27. The van der Waals surface area contributed by atoms with E-state index in [-0.39, 0.29) is 17.5 Å². The van der Waals surface area contributed by atoms with E-state index in [4.69, 9.17) is 5.73 Å². The Labute approximate surface area is 118 Å². The van der Waals surface area contributed by atoms with Crippen LogP contribution in [-0.2, 0) is 6.54 Å². The van der Waals surface area contributed by atoms with Crippen LogP contribution in [0.3, 0.4) is 0 Å². The van der Waals surface area contributed by atoms with Crippen molar-refractivity contribution in [2.75, 3.05) is 31.7 Å². The van der Waals surface area contributed by atoms with Crippen molar-refractivity contribution in [2.45, 2.75) is 33.4 Å². The smallest absolute Gasteiger partial charge is 0.330 e. The Balaban J connectivity index is 3.19. The van der Waals surface area contributed by atoms with Gasteiger partial charge in [-0.1, -0.05) is 13.8 Å². The fourth-order valence-corrected chi connectivity index (χ4v) is 2.04. The lowest BCUT2D eigenvalue weighted by atomic mass is 10.0. The minimum atomic E-state index is -0.478. The number of nitrogens with two attached hydrogens (primary N) is 1. The molecule has 1 atom stereocenters. The molecule has 7 nitrogen and oxygen atoms in total. The van der Waals surface area contributed by atoms with Crippen LogP contribution in [0, 0.1) is 5.92 Å². The third-order valence-electron chi connectivity index (χ3n) is 3.25. The number of aromatic nitrogens is 2. The van der Waals surface area contributed by atoms with Crippen LogP contribution in [-0.4, -0.2) is 41.1 Å². The van der Waals surface area contributed by atoms with Crippen molar-refractivity contribution in [2.24, 2.45) is 5.92 Å². The summed E-state index contributed by atoms with van der Waals surface area (Å²) in [7, 11) is 3.94. The molecule has 1 rings (SSSR count). The summed E-state index contributed by atoms with van der Waals surface area (Å²) < 4.78 is 1.34. The van der Waals surface area contributed by atoms with Crippen LogP contribution >= 0.6 is 0 Å². The van der Waals surface area contributed by atoms with Gasteiger partial charge in [0.15, 0.2) is 0 Å². The van der Waals surface area contributed by atoms with Gasteiger partial charge < -0.3 is 16.0 Å². The zero-order chi connectivity index (χ0) is 15.4. The van der Waals surface area contributed by atoms with Crippen LogP contribution in [0.4, 0.5) is 11.5 Å². The molecule has 1 aromatic rings. The second kappa shape index (κ2) is 6.60. The molecule has 0 fully saturated rings. The van der Waals surface area contributed by atoms with E-state index in [1.165, 1.54) is 4.57 Å². The highest BCUT2D eigenvalue weighted by molar-refractivity contribution is 5.61. The van der Waals surface area contributed by atoms with E-state index in [1.54, 1.807) is 6.92 Å². The summed E-state index contributed by atoms with van der Waals surface area (Å²) in [5.41, 5.74) is 5.26. The van der Waals surface area contributed by atoms with Crippen molar-refractivity contribution in [3.63, 3.8) is 0 Å². The Morgan fingerprint density at radius 1 is 1.35 bits per heavy atom. The summed E-state index contributed by atoms with van der Waals surface area (Å²) in [4.78, 5) is 27.9. The maximum absolute atomic E-state index is 11.9. The highest BCUT2D eigenvalue weighted by Crippen LogP contribution is 2.15. The summed E-state index contributed by atoms with van der Waals surface area (Å²) in [5, 5.41) is 3.18. The Morgan fingerprint density at radius 3 is 2.40 bits per heavy atom. The summed E-state index contributed by atoms with van der Waals surface area (Å²) in [5.74, 6) is 0.504. The van der Waals surface area contributed by atoms with Crippen molar-refractivity contribution in [3.05, 3.63) is 20.8 Å². The largest absolute Gasteiger partial charge is 0.383 e. The Kier molecular flexibility index (Phi) is 5.38. The van der Waals surface area contributed by atoms with Gasteiger partial charge in [0, 0.05) is 19.1 Å². The quantitative estimate of drug-likeness (QED) is 0.690. The van der Waals surface area contributed by atoms with Crippen LogP contribution in [0.1, 0.15) is 20.8 Å². The van der Waals surface area contributed by atoms with E-state index in [2.05, 4.69) is 24.1 Å². The van der Waals surface area contributed by atoms with E-state index >= 15 is 0 Å². The molecule has 0 amide bonds. The molecule has 1 unspecified atom stereocenters. The van der Waals surface area contributed by atoms with Gasteiger partial charge in [-0.3, -0.25) is 14.3 Å². The van der Waals surface area contributed by atoms with Gasteiger partial charge in [-0.15, -0.1) is 0 Å². The fourth-order valence-electron chi connectivity index (χ4n) is 2.04. The van der Waals surface area contributed by atoms with Crippen LogP contribution in [0.2, 0.25) is 0 Å². The number of aromatic amines is 1. The zero-order valence-corrected chi connectivity index (χ0v) is 12.9. The van der Waals surface area contributed by atoms with E-state index < -0.39 is 11.2 Å². The monoisotopic (exact) mass is 283 g/mol. The predicted octanol–water partition coefficient (Wildman–Crippen LogP) is 0.137. The third kappa shape index (κ3) is 3.63. The van der Waals surface area contributed by atoms with E-state index in [9.17, 15) is 9.59 Å². The molecule has 0 radical (unpaired) electrons. The predicted molar refractivity (Wildman–Crippen MR) is 82.2 cm³/mol. The standard InChI is InChI=1S/C13H25N5O2/c1-6-18-11(14)10(12(19)16-13(18)20)15-9(8(2)3)7-17(4)5/h8-9,15H,6-7,14H2,1-5H3,(H,16,19,20). The molecule has 0 aliphatic rings. The number of H-pyrrole nitrogens is 1. The Bertz CT molecular complexity index is 559. The number of anilines is 2. The molecular weight excluding hydrogens is 258 g/mol. The van der Waals surface area contributed by atoms with Crippen LogP contribution < -0.4 is 22.3 Å². The van der Waals surface area contributed by atoms with Gasteiger partial charge in [-0.25, -0.2) is 4.79 Å². The van der Waals surface area contributed by atoms with Crippen molar-refractivity contribution in [1.82, 2.24) is 14.5 Å². The topological polar surface area (TPSA) is 96.2 Å². The first kappa shape index (κ1) is 16.3. The van der Waals surface area contributed by atoms with Gasteiger partial charge in [0.1, 0.15) is 11.5 Å². The number of hydrogen-bond acceptors (Lipinski definition) is 5. The second-order valence-electron chi connectivity index (χ2n) is 5.52. The average molecular weight is 283 g/mol. The SMILES string of the molecule is CCn1c(N)c(NC(CN(C)C)C(C)C)c(=O)[nH]c1=O. The highest BCUT2D eigenvalue weighted by Gasteiger charge is 2.19. The molecule has 0 saturated heterocycles. The van der Waals surface area contributed by atoms with Crippen LogP contribution in [0.25, 0.3) is 0 Å². The molecule has 114 valence electrons. The molecule has 0 bridgehead atoms. The summed E-state index contributed by atoms with van der Waals surface area (Å²) in [6.45, 7) is 7.13. The lowest BCUT2D eigenvalue weighted by Gasteiger charge is -2.27. The zero-order valence-electron chi connectivity index (χ0n) is 12.9. The van der Waals surface area contributed by atoms with Gasteiger partial charge >= 0.3 is 5.69 Å². The van der Waals surface area contributed by atoms with Crippen molar-refractivity contribution in [3.8, 4) is 0 Å². The molecule has 20 heavy (non-hydrogen) atoms. The summed E-state index contributed by atoms with van der Waals surface area (Å²) in [6.07, 6.45) is 0.